The Balaban J connectivity index is 0.886. The number of aromatic amines is 4. The molecule has 10 aromatic rings. The first-order chi connectivity index (χ1) is 33.1. The van der Waals surface area contributed by atoms with Crippen LogP contribution in [-0.4, -0.2) is 92.4 Å². The van der Waals surface area contributed by atoms with Gasteiger partial charge in [-0.15, -0.1) is 0 Å². The average molecular weight is 902 g/mol. The zero-order chi connectivity index (χ0) is 46.1. The molecule has 0 radical (unpaired) electrons. The quantitative estimate of drug-likeness (QED) is 0.0971. The van der Waals surface area contributed by atoms with Crippen LogP contribution >= 0.6 is 0 Å². The number of rotatable bonds is 8. The van der Waals surface area contributed by atoms with Crippen LogP contribution in [0.15, 0.2) is 91.9 Å². The fourth-order valence-corrected chi connectivity index (χ4v) is 9.99. The molecule has 1 atom stereocenters. The molecular weight excluding hydrogens is 851 g/mol. The first kappa shape index (κ1) is 41.4. The molecule has 1 amide bonds. The average Bonchev–Trinajstić information content (AvgIpc) is 4.18. The Morgan fingerprint density at radius 3 is 2.24 bits per heavy atom. The van der Waals surface area contributed by atoms with E-state index in [0.29, 0.717) is 17.9 Å². The summed E-state index contributed by atoms with van der Waals surface area (Å²) in [5, 5.41) is 23.5. The minimum Gasteiger partial charge on any atom is -0.356 e. The molecule has 68 heavy (non-hydrogen) atoms. The van der Waals surface area contributed by atoms with Crippen molar-refractivity contribution in [2.75, 3.05) is 41.3 Å². The Hall–Kier alpha value is -8.01. The summed E-state index contributed by atoms with van der Waals surface area (Å²) in [6.07, 6.45) is 18.3. The molecule has 0 saturated carbocycles. The van der Waals surface area contributed by atoms with E-state index in [1.807, 2.05) is 69.8 Å². The van der Waals surface area contributed by atoms with Gasteiger partial charge in [-0.2, -0.15) is 10.2 Å². The van der Waals surface area contributed by atoms with E-state index >= 15 is 0 Å². The summed E-state index contributed by atoms with van der Waals surface area (Å²) in [7, 11) is 0. The van der Waals surface area contributed by atoms with E-state index in [1.165, 1.54) is 19.3 Å². The number of nitrogens with zero attached hydrogens (tertiary/aromatic N) is 10. The van der Waals surface area contributed by atoms with Crippen molar-refractivity contribution in [3.63, 3.8) is 0 Å². The van der Waals surface area contributed by atoms with E-state index in [9.17, 15) is 4.79 Å². The summed E-state index contributed by atoms with van der Waals surface area (Å²) in [4.78, 5) is 53.9. The fraction of sp³-hybridized carbons (Fsp3) is 0.288. The summed E-state index contributed by atoms with van der Waals surface area (Å²) in [5.41, 5.74) is 12.7. The highest BCUT2D eigenvalue weighted by molar-refractivity contribution is 6.02. The zero-order valence-electron chi connectivity index (χ0n) is 38.5. The van der Waals surface area contributed by atoms with Gasteiger partial charge in [0.2, 0.25) is 5.91 Å². The van der Waals surface area contributed by atoms with Crippen molar-refractivity contribution >= 4 is 66.8 Å². The normalized spacial score (nSPS) is 15.9. The third-order valence-corrected chi connectivity index (χ3v) is 13.6. The van der Waals surface area contributed by atoms with E-state index in [-0.39, 0.29) is 11.8 Å². The van der Waals surface area contributed by atoms with Crippen LogP contribution in [0.2, 0.25) is 0 Å². The van der Waals surface area contributed by atoms with Crippen LogP contribution in [0.25, 0.3) is 88.9 Å². The number of amides is 1. The maximum Gasteiger partial charge on any atom is 0.229 e. The van der Waals surface area contributed by atoms with Gasteiger partial charge in [0.15, 0.2) is 0 Å². The lowest BCUT2D eigenvalue weighted by Crippen LogP contribution is -2.35. The molecular formula is C52H51N15O. The van der Waals surface area contributed by atoms with Gasteiger partial charge in [0, 0.05) is 101 Å². The second-order valence-corrected chi connectivity index (χ2v) is 19.3. The Labute approximate surface area is 391 Å². The monoisotopic (exact) mass is 901 g/mol. The number of aromatic nitrogens is 12. The molecule has 0 spiro atoms. The van der Waals surface area contributed by atoms with Crippen molar-refractivity contribution in [1.82, 2.24) is 60.3 Å². The van der Waals surface area contributed by atoms with Crippen LogP contribution in [0.4, 0.5) is 17.3 Å². The number of fused-ring (bicyclic) bond motifs is 4. The predicted molar refractivity (Wildman–Crippen MR) is 267 cm³/mol. The van der Waals surface area contributed by atoms with Crippen molar-refractivity contribution in [1.29, 1.82) is 0 Å². The van der Waals surface area contributed by atoms with Crippen molar-refractivity contribution in [2.45, 2.75) is 65.7 Å². The highest BCUT2D eigenvalue weighted by atomic mass is 16.2. The van der Waals surface area contributed by atoms with Gasteiger partial charge in [-0.3, -0.25) is 34.9 Å². The predicted octanol–water partition coefficient (Wildman–Crippen LogP) is 10.1. The minimum atomic E-state index is -0.542. The van der Waals surface area contributed by atoms with Gasteiger partial charge >= 0.3 is 0 Å². The number of pyridine rings is 6. The number of carbonyl (C=O) groups is 1. The molecule has 1 unspecified atom stereocenters. The van der Waals surface area contributed by atoms with Crippen LogP contribution in [0.3, 0.4) is 0 Å². The van der Waals surface area contributed by atoms with Crippen LogP contribution in [0.5, 0.6) is 0 Å². The van der Waals surface area contributed by atoms with Gasteiger partial charge in [0.05, 0.1) is 68.8 Å². The number of hydrogen-bond donors (Lipinski definition) is 5. The molecule has 340 valence electrons. The Bertz CT molecular complexity index is 3550. The molecule has 0 aromatic carbocycles. The van der Waals surface area contributed by atoms with Crippen LogP contribution in [0.1, 0.15) is 70.1 Å². The summed E-state index contributed by atoms with van der Waals surface area (Å²) >= 11 is 0. The Kier molecular flexibility index (Phi) is 9.99. The van der Waals surface area contributed by atoms with E-state index in [0.717, 1.165) is 139 Å². The summed E-state index contributed by atoms with van der Waals surface area (Å²) < 4.78 is 0. The number of H-pyrrole nitrogens is 4. The molecule has 0 aliphatic carbocycles. The molecule has 2 aliphatic heterocycles. The summed E-state index contributed by atoms with van der Waals surface area (Å²) in [6.45, 7) is 11.4. The number of piperidine rings is 2. The topological polar surface area (TPSA) is 202 Å². The van der Waals surface area contributed by atoms with E-state index in [1.54, 1.807) is 18.6 Å². The fourth-order valence-electron chi connectivity index (χ4n) is 9.99. The molecule has 12 rings (SSSR count). The third kappa shape index (κ3) is 7.36. The lowest BCUT2D eigenvalue weighted by Gasteiger charge is -2.34. The van der Waals surface area contributed by atoms with Gasteiger partial charge in [-0.05, 0) is 93.1 Å². The van der Waals surface area contributed by atoms with Crippen molar-refractivity contribution in [3.8, 4) is 45.3 Å². The number of carbonyl (C=O) groups excluding carboxylic acids is 1. The Morgan fingerprint density at radius 2 is 1.44 bits per heavy atom. The molecule has 2 saturated heterocycles. The van der Waals surface area contributed by atoms with Gasteiger partial charge < -0.3 is 25.1 Å². The molecule has 16 heteroatoms. The molecule has 5 N–H and O–H groups in total. The van der Waals surface area contributed by atoms with Crippen LogP contribution < -0.4 is 15.1 Å². The van der Waals surface area contributed by atoms with Crippen molar-refractivity contribution < 1.29 is 4.79 Å². The summed E-state index contributed by atoms with van der Waals surface area (Å²) in [6, 6.07) is 16.6. The second kappa shape index (κ2) is 16.4. The first-order valence-electron chi connectivity index (χ1n) is 23.5. The summed E-state index contributed by atoms with van der Waals surface area (Å²) in [5.74, 6) is 1.93. The van der Waals surface area contributed by atoms with E-state index in [4.69, 9.17) is 30.1 Å². The molecule has 0 bridgehead atoms. The smallest absolute Gasteiger partial charge is 0.229 e. The van der Waals surface area contributed by atoms with Crippen LogP contribution in [-0.2, 0) is 4.79 Å². The molecule has 16 nitrogen and oxygen atoms in total. The number of anilines is 3. The van der Waals surface area contributed by atoms with Gasteiger partial charge in [-0.25, -0.2) is 9.97 Å². The molecule has 2 fully saturated rings. The maximum atomic E-state index is 12.7. The maximum absolute atomic E-state index is 12.7. The van der Waals surface area contributed by atoms with Gasteiger partial charge in [0.1, 0.15) is 22.8 Å². The number of aryl methyl sites for hydroxylation is 1. The van der Waals surface area contributed by atoms with E-state index < -0.39 is 5.41 Å². The minimum absolute atomic E-state index is 0.0726. The molecule has 10 aromatic heterocycles. The van der Waals surface area contributed by atoms with E-state index in [2.05, 4.69) is 76.4 Å². The lowest BCUT2D eigenvalue weighted by molar-refractivity contribution is -0.123. The van der Waals surface area contributed by atoms with Crippen LogP contribution in [0, 0.1) is 12.3 Å². The molecule has 12 heterocycles. The lowest BCUT2D eigenvalue weighted by atomic mass is 9.91. The highest BCUT2D eigenvalue weighted by Crippen LogP contribution is 2.41. The zero-order valence-corrected chi connectivity index (χ0v) is 38.5. The second-order valence-electron chi connectivity index (χ2n) is 19.3. The number of hydrogen-bond acceptors (Lipinski definition) is 11. The van der Waals surface area contributed by atoms with Gasteiger partial charge in [0.25, 0.3) is 0 Å². The highest BCUT2D eigenvalue weighted by Gasteiger charge is 2.30. The number of nitrogens with one attached hydrogen (secondary N) is 5. The Morgan fingerprint density at radius 1 is 0.691 bits per heavy atom. The third-order valence-electron chi connectivity index (χ3n) is 13.6. The van der Waals surface area contributed by atoms with Crippen molar-refractivity contribution in [3.05, 3.63) is 103 Å². The standard InChI is InChI=1S/C52H51N15O/c1-29-10-13-53-26-37(29)41-23-36-47(43-21-34-38(60-43)11-14-55-49(34)66-16-6-5-7-17-66)64-65-48(36)45(61-41)30-9-8-18-67(28-30)50-35-22-42(59-39(35)12-15-56-50)46-33-20-40(57-27-44(33)62-63-46)31-19-32(25-54-24-31)58-51(68)52(2,3)4/h10-15,19-27,30,59-60H,5-9,16-18,28H2,1-4H3,(H,58,68)(H,62,63)(H,64,65). The van der Waals surface area contributed by atoms with Gasteiger partial charge in [-0.1, -0.05) is 20.8 Å². The SMILES string of the molecule is Cc1ccncc1-c1cc2c(-c3cc4c(N5CCCCC5)nccc4[nH]3)[nH]nc2c(C2CCCN(c3nccc4[nH]c(-c5n[nH]c6cnc(-c7cncc(NC(=O)C(C)(C)C)c7)cc56)cc34)C2)n1. The first-order valence-corrected chi connectivity index (χ1v) is 23.5. The van der Waals surface area contributed by atoms with Crippen molar-refractivity contribution in [2.24, 2.45) is 5.41 Å². The largest absolute Gasteiger partial charge is 0.356 e. The molecule has 2 aliphatic rings.